The van der Waals surface area contributed by atoms with Gasteiger partial charge in [0.25, 0.3) is 10.0 Å². The molecule has 0 saturated heterocycles. The summed E-state index contributed by atoms with van der Waals surface area (Å²) in [6.07, 6.45) is 0. The van der Waals surface area contributed by atoms with Crippen LogP contribution < -0.4 is 0 Å². The smallest absolute Gasteiger partial charge is 0.283 e. The van der Waals surface area contributed by atoms with Crippen molar-refractivity contribution in [3.8, 4) is 5.75 Å². The van der Waals surface area contributed by atoms with Crippen LogP contribution in [0.1, 0.15) is 22.5 Å². The first kappa shape index (κ1) is 14.8. The zero-order valence-corrected chi connectivity index (χ0v) is 13.9. The summed E-state index contributed by atoms with van der Waals surface area (Å²) >= 11 is 0. The van der Waals surface area contributed by atoms with Crippen LogP contribution in [0.25, 0.3) is 10.8 Å². The summed E-state index contributed by atoms with van der Waals surface area (Å²) in [5.74, 6) is -0.0560. The molecular weight excluding hydrogens is 324 g/mol. The Morgan fingerprint density at radius 2 is 1.67 bits per heavy atom. The predicted octanol–water partition coefficient (Wildman–Crippen LogP) is 3.10. The van der Waals surface area contributed by atoms with Gasteiger partial charge in [-0.25, -0.2) is 4.98 Å². The maximum atomic E-state index is 12.4. The summed E-state index contributed by atoms with van der Waals surface area (Å²) in [5, 5.41) is 12.1. The van der Waals surface area contributed by atoms with Crippen LogP contribution in [0, 0.1) is 13.8 Å². The van der Waals surface area contributed by atoms with Crippen molar-refractivity contribution in [3.05, 3.63) is 65.0 Å². The molecule has 1 aromatic heterocycles. The van der Waals surface area contributed by atoms with Gasteiger partial charge in [-0.2, -0.15) is 12.8 Å². The first-order valence-electron chi connectivity index (χ1n) is 7.44. The summed E-state index contributed by atoms with van der Waals surface area (Å²) in [5.41, 5.74) is 2.20. The molecular formula is C18H14N2O3S. The lowest BCUT2D eigenvalue weighted by Gasteiger charge is -2.10. The van der Waals surface area contributed by atoms with E-state index in [0.29, 0.717) is 22.2 Å². The van der Waals surface area contributed by atoms with E-state index in [-0.39, 0.29) is 22.1 Å². The number of rotatable bonds is 1. The van der Waals surface area contributed by atoms with Gasteiger partial charge in [0, 0.05) is 22.0 Å². The number of aromatic hydroxyl groups is 1. The average Bonchev–Trinajstić information content (AvgIpc) is 2.83. The Labute approximate surface area is 139 Å². The second kappa shape index (κ2) is 4.88. The van der Waals surface area contributed by atoms with Crippen molar-refractivity contribution in [1.29, 1.82) is 0 Å². The molecule has 0 saturated carbocycles. The highest BCUT2D eigenvalue weighted by Crippen LogP contribution is 2.36. The first-order valence-corrected chi connectivity index (χ1v) is 8.88. The molecule has 0 bridgehead atoms. The molecule has 5 nitrogen and oxygen atoms in total. The van der Waals surface area contributed by atoms with Gasteiger partial charge < -0.3 is 5.11 Å². The minimum Gasteiger partial charge on any atom is -0.505 e. The van der Waals surface area contributed by atoms with Crippen LogP contribution >= 0.6 is 0 Å². The highest BCUT2D eigenvalue weighted by molar-refractivity contribution is 7.90. The predicted molar refractivity (Wildman–Crippen MR) is 92.1 cm³/mol. The van der Waals surface area contributed by atoms with Gasteiger partial charge in [0.1, 0.15) is 16.3 Å². The van der Waals surface area contributed by atoms with E-state index in [2.05, 4.69) is 9.38 Å². The molecule has 0 spiro atoms. The molecule has 0 radical (unpaired) electrons. The van der Waals surface area contributed by atoms with Crippen LogP contribution in [0.2, 0.25) is 0 Å². The Bertz CT molecular complexity index is 1150. The molecule has 4 rings (SSSR count). The Hall–Kier alpha value is -2.73. The van der Waals surface area contributed by atoms with Gasteiger partial charge in [0.2, 0.25) is 0 Å². The van der Waals surface area contributed by atoms with Crippen LogP contribution in [0.15, 0.2) is 51.8 Å². The summed E-state index contributed by atoms with van der Waals surface area (Å²) in [6.45, 7) is 3.56. The van der Waals surface area contributed by atoms with Crippen molar-refractivity contribution in [3.63, 3.8) is 0 Å². The lowest BCUT2D eigenvalue weighted by Crippen LogP contribution is -2.06. The zero-order chi connectivity index (χ0) is 17.1. The van der Waals surface area contributed by atoms with Crippen molar-refractivity contribution in [2.24, 2.45) is 4.40 Å². The second-order valence-corrected chi connectivity index (χ2v) is 7.35. The van der Waals surface area contributed by atoms with Gasteiger partial charge in [0.15, 0.2) is 5.75 Å². The van der Waals surface area contributed by atoms with Crippen LogP contribution in [0.4, 0.5) is 0 Å². The Morgan fingerprint density at radius 1 is 0.958 bits per heavy atom. The quantitative estimate of drug-likeness (QED) is 0.739. The minimum atomic E-state index is -3.78. The Balaban J connectivity index is 2.08. The molecule has 0 fully saturated rings. The minimum absolute atomic E-state index is 0.0560. The number of fused-ring (bicyclic) bond motifs is 2. The van der Waals surface area contributed by atoms with E-state index in [1.807, 2.05) is 25.1 Å². The van der Waals surface area contributed by atoms with Gasteiger partial charge in [-0.15, -0.1) is 0 Å². The van der Waals surface area contributed by atoms with Crippen molar-refractivity contribution in [2.45, 2.75) is 18.7 Å². The molecule has 1 aliphatic rings. The number of aryl methyl sites for hydroxylation is 2. The Morgan fingerprint density at radius 3 is 2.42 bits per heavy atom. The first-order chi connectivity index (χ1) is 11.4. The third-order valence-electron chi connectivity index (χ3n) is 4.24. The molecule has 0 amide bonds. The Kier molecular flexibility index (Phi) is 3.02. The van der Waals surface area contributed by atoms with E-state index in [4.69, 9.17) is 0 Å². The normalized spacial score (nSPS) is 15.3. The van der Waals surface area contributed by atoms with E-state index in [0.717, 1.165) is 5.39 Å². The molecule has 3 aromatic rings. The number of pyridine rings is 1. The average molecular weight is 338 g/mol. The highest BCUT2D eigenvalue weighted by atomic mass is 32.2. The number of nitrogens with zero attached hydrogens (tertiary/aromatic N) is 2. The van der Waals surface area contributed by atoms with E-state index in [1.165, 1.54) is 0 Å². The van der Waals surface area contributed by atoms with Crippen molar-refractivity contribution >= 4 is 26.5 Å². The maximum absolute atomic E-state index is 12.4. The standard InChI is InChI=1S/C18H14N2O3S/c1-10-6-5-9-14-15(20-24(22,23)18(10)14)16-17(21)13-8-4-3-7-12(13)11(2)19-16/h3-9,21H,1-2H3. The molecule has 24 heavy (non-hydrogen) atoms. The van der Waals surface area contributed by atoms with Gasteiger partial charge in [-0.05, 0) is 19.4 Å². The number of hydrogen-bond donors (Lipinski definition) is 1. The molecule has 2 heterocycles. The monoisotopic (exact) mass is 338 g/mol. The molecule has 6 heteroatoms. The fourth-order valence-corrected chi connectivity index (χ4v) is 4.58. The molecule has 120 valence electrons. The summed E-state index contributed by atoms with van der Waals surface area (Å²) < 4.78 is 28.7. The lowest BCUT2D eigenvalue weighted by atomic mass is 10.0. The van der Waals surface area contributed by atoms with Gasteiger partial charge in [-0.1, -0.05) is 42.5 Å². The third-order valence-corrected chi connectivity index (χ3v) is 5.72. The van der Waals surface area contributed by atoms with E-state index in [1.54, 1.807) is 31.2 Å². The van der Waals surface area contributed by atoms with E-state index >= 15 is 0 Å². The van der Waals surface area contributed by atoms with Crippen LogP contribution in [0.3, 0.4) is 0 Å². The highest BCUT2D eigenvalue weighted by Gasteiger charge is 2.33. The topological polar surface area (TPSA) is 79.6 Å². The van der Waals surface area contributed by atoms with Gasteiger partial charge in [0.05, 0.1) is 0 Å². The zero-order valence-electron chi connectivity index (χ0n) is 13.1. The van der Waals surface area contributed by atoms with E-state index < -0.39 is 10.0 Å². The summed E-state index contributed by atoms with van der Waals surface area (Å²) in [7, 11) is -3.78. The molecule has 2 aromatic carbocycles. The lowest BCUT2D eigenvalue weighted by molar-refractivity contribution is 0.477. The number of benzene rings is 2. The number of sulfonamides is 1. The molecule has 0 aliphatic carbocycles. The van der Waals surface area contributed by atoms with E-state index in [9.17, 15) is 13.5 Å². The van der Waals surface area contributed by atoms with Crippen LogP contribution in [0.5, 0.6) is 5.75 Å². The van der Waals surface area contributed by atoms with Gasteiger partial charge >= 0.3 is 0 Å². The number of hydrogen-bond acceptors (Lipinski definition) is 4. The largest absolute Gasteiger partial charge is 0.505 e. The fraction of sp³-hybridized carbons (Fsp3) is 0.111. The molecule has 0 unspecified atom stereocenters. The molecule has 0 atom stereocenters. The van der Waals surface area contributed by atoms with Crippen molar-refractivity contribution in [1.82, 2.24) is 4.98 Å². The fourth-order valence-electron chi connectivity index (χ4n) is 3.15. The number of aromatic nitrogens is 1. The van der Waals surface area contributed by atoms with Crippen molar-refractivity contribution < 1.29 is 13.5 Å². The SMILES string of the molecule is Cc1cccc2c1S(=O)(=O)N=C2c1nc(C)c2ccccc2c1O. The molecule has 1 aliphatic heterocycles. The van der Waals surface area contributed by atoms with Crippen molar-refractivity contribution in [2.75, 3.05) is 0 Å². The maximum Gasteiger partial charge on any atom is 0.283 e. The summed E-state index contributed by atoms with van der Waals surface area (Å²) in [4.78, 5) is 4.62. The second-order valence-electron chi connectivity index (χ2n) is 5.81. The molecule has 1 N–H and O–H groups in total. The summed E-state index contributed by atoms with van der Waals surface area (Å²) in [6, 6.07) is 12.5. The van der Waals surface area contributed by atoms with Crippen LogP contribution in [-0.4, -0.2) is 24.2 Å². The van der Waals surface area contributed by atoms with Gasteiger partial charge in [-0.3, -0.25) is 0 Å². The third kappa shape index (κ3) is 1.96. The van der Waals surface area contributed by atoms with Crippen LogP contribution in [-0.2, 0) is 10.0 Å².